The quantitative estimate of drug-likeness (QED) is 0.338. The highest BCUT2D eigenvalue weighted by molar-refractivity contribution is 5.98. The molecule has 164 valence electrons. The number of aromatic nitrogens is 4. The molecule has 7 nitrogen and oxygen atoms in total. The van der Waals surface area contributed by atoms with E-state index in [4.69, 9.17) is 0 Å². The number of nitrogens with one attached hydrogen (secondary N) is 4. The van der Waals surface area contributed by atoms with E-state index >= 15 is 0 Å². The molecule has 4 N–H and O–H groups in total. The van der Waals surface area contributed by atoms with Gasteiger partial charge in [-0.25, -0.2) is 9.36 Å². The summed E-state index contributed by atoms with van der Waals surface area (Å²) >= 11 is 0. The van der Waals surface area contributed by atoms with Crippen LogP contribution >= 0.6 is 0 Å². The maximum atomic E-state index is 13.3. The molecular weight excluding hydrogens is 412 g/mol. The zero-order valence-corrected chi connectivity index (χ0v) is 18.3. The van der Waals surface area contributed by atoms with Crippen molar-refractivity contribution in [3.63, 3.8) is 0 Å². The lowest BCUT2D eigenvalue weighted by molar-refractivity contribution is 0.598. The average molecular weight is 437 g/mol. The van der Waals surface area contributed by atoms with Crippen molar-refractivity contribution in [2.75, 3.05) is 6.54 Å². The van der Waals surface area contributed by atoms with Gasteiger partial charge in [-0.05, 0) is 38.4 Å². The average Bonchev–Trinajstić information content (AvgIpc) is 3.58. The van der Waals surface area contributed by atoms with Gasteiger partial charge in [0.25, 0.3) is 0 Å². The molecule has 1 saturated heterocycles. The Morgan fingerprint density at radius 3 is 2.48 bits per heavy atom. The van der Waals surface area contributed by atoms with Gasteiger partial charge in [0, 0.05) is 51.2 Å². The lowest BCUT2D eigenvalue weighted by atomic mass is 10.0. The van der Waals surface area contributed by atoms with Gasteiger partial charge in [0.15, 0.2) is 5.69 Å². The van der Waals surface area contributed by atoms with Crippen LogP contribution in [0.1, 0.15) is 29.9 Å². The third-order valence-electron chi connectivity index (χ3n) is 6.73. The monoisotopic (exact) mass is 436 g/mol. The van der Waals surface area contributed by atoms with E-state index in [2.05, 4.69) is 26.3 Å². The van der Waals surface area contributed by atoms with E-state index < -0.39 is 0 Å². The molecule has 0 bridgehead atoms. The third kappa shape index (κ3) is 3.03. The Labute approximate surface area is 190 Å². The zero-order valence-electron chi connectivity index (χ0n) is 18.3. The fourth-order valence-corrected chi connectivity index (χ4v) is 5.30. The van der Waals surface area contributed by atoms with Crippen LogP contribution in [0.15, 0.2) is 53.3 Å². The molecule has 0 spiro atoms. The van der Waals surface area contributed by atoms with Crippen LogP contribution in [0.4, 0.5) is 0 Å². The standard InChI is InChI=1S/C26H24N6O/c1-15-25(18-9-3-5-11-20(18)29-15)32-22(14-27)24(31-26(32)33)23-17-8-2-4-10-19(17)30-21(23)13-16-7-6-12-28-16/h2-5,8-11,16,28-30H,6-7,12-13H2,1H3,(H,31,33)/t16-/m1/s1. The van der Waals surface area contributed by atoms with Crippen molar-refractivity contribution in [2.24, 2.45) is 0 Å². The molecular formula is C26H24N6O. The van der Waals surface area contributed by atoms with E-state index in [9.17, 15) is 10.1 Å². The van der Waals surface area contributed by atoms with E-state index in [1.165, 1.54) is 4.57 Å². The lowest BCUT2D eigenvalue weighted by Crippen LogP contribution is -2.24. The summed E-state index contributed by atoms with van der Waals surface area (Å²) in [4.78, 5) is 23.3. The van der Waals surface area contributed by atoms with Crippen LogP contribution < -0.4 is 11.0 Å². The summed E-state index contributed by atoms with van der Waals surface area (Å²) in [6.45, 7) is 2.95. The second-order valence-corrected chi connectivity index (χ2v) is 8.77. The second-order valence-electron chi connectivity index (χ2n) is 8.77. The number of para-hydroxylation sites is 2. The van der Waals surface area contributed by atoms with Crippen LogP contribution in [0.25, 0.3) is 38.8 Å². The summed E-state index contributed by atoms with van der Waals surface area (Å²) in [5.74, 6) is 0. The molecule has 7 heteroatoms. The van der Waals surface area contributed by atoms with Crippen LogP contribution in [0.2, 0.25) is 0 Å². The summed E-state index contributed by atoms with van der Waals surface area (Å²) in [5.41, 5.74) is 6.01. The molecule has 6 rings (SSSR count). The summed E-state index contributed by atoms with van der Waals surface area (Å²) in [7, 11) is 0. The van der Waals surface area contributed by atoms with Crippen LogP contribution in [0, 0.1) is 18.3 Å². The largest absolute Gasteiger partial charge is 0.358 e. The first-order valence-corrected chi connectivity index (χ1v) is 11.3. The number of hydrogen-bond donors (Lipinski definition) is 4. The van der Waals surface area contributed by atoms with Gasteiger partial charge in [-0.3, -0.25) is 0 Å². The van der Waals surface area contributed by atoms with Crippen LogP contribution in [0.3, 0.4) is 0 Å². The van der Waals surface area contributed by atoms with E-state index in [0.717, 1.165) is 64.6 Å². The molecule has 1 aliphatic heterocycles. The van der Waals surface area contributed by atoms with E-state index in [1.807, 2.05) is 55.5 Å². The highest BCUT2D eigenvalue weighted by Crippen LogP contribution is 2.36. The van der Waals surface area contributed by atoms with E-state index in [1.54, 1.807) is 0 Å². The number of nitriles is 1. The fraction of sp³-hybridized carbons (Fsp3) is 0.231. The molecule has 1 aliphatic rings. The maximum Gasteiger partial charge on any atom is 0.331 e. The highest BCUT2D eigenvalue weighted by Gasteiger charge is 2.26. The van der Waals surface area contributed by atoms with Crippen molar-refractivity contribution in [1.82, 2.24) is 24.8 Å². The highest BCUT2D eigenvalue weighted by atomic mass is 16.1. The lowest BCUT2D eigenvalue weighted by Gasteiger charge is -2.11. The SMILES string of the molecule is Cc1[nH]c2ccccc2c1-n1c(C#N)c(-c2c(C[C@H]3CCCN3)[nH]c3ccccc23)[nH]c1=O. The minimum absolute atomic E-state index is 0.315. The predicted molar refractivity (Wildman–Crippen MR) is 130 cm³/mol. The first-order chi connectivity index (χ1) is 16.2. The molecule has 0 unspecified atom stereocenters. The van der Waals surface area contributed by atoms with Crippen molar-refractivity contribution >= 4 is 21.8 Å². The minimum Gasteiger partial charge on any atom is -0.358 e. The van der Waals surface area contributed by atoms with Crippen molar-refractivity contribution in [3.8, 4) is 23.0 Å². The Kier molecular flexibility index (Phi) is 4.49. The van der Waals surface area contributed by atoms with Gasteiger partial charge in [0.1, 0.15) is 6.07 Å². The third-order valence-corrected chi connectivity index (χ3v) is 6.73. The number of benzene rings is 2. The summed E-state index contributed by atoms with van der Waals surface area (Å²) in [5, 5.41) is 15.7. The van der Waals surface area contributed by atoms with E-state index in [0.29, 0.717) is 23.1 Å². The topological polar surface area (TPSA) is 105 Å². The van der Waals surface area contributed by atoms with Gasteiger partial charge in [-0.2, -0.15) is 5.26 Å². The van der Waals surface area contributed by atoms with Crippen LogP contribution in [-0.2, 0) is 6.42 Å². The van der Waals surface area contributed by atoms with Crippen LogP contribution in [0.5, 0.6) is 0 Å². The number of aromatic amines is 3. The number of rotatable bonds is 4. The Bertz CT molecular complexity index is 1600. The van der Waals surface area contributed by atoms with Gasteiger partial charge >= 0.3 is 5.69 Å². The molecule has 4 heterocycles. The number of aryl methyl sites for hydroxylation is 1. The molecule has 3 aromatic heterocycles. The Balaban J connectivity index is 1.61. The summed E-state index contributed by atoms with van der Waals surface area (Å²) in [6, 6.07) is 18.6. The fourth-order valence-electron chi connectivity index (χ4n) is 5.30. The van der Waals surface area contributed by atoms with Crippen LogP contribution in [-0.4, -0.2) is 32.1 Å². The number of imidazole rings is 1. The zero-order chi connectivity index (χ0) is 22.5. The summed E-state index contributed by atoms with van der Waals surface area (Å²) < 4.78 is 1.52. The molecule has 1 fully saturated rings. The molecule has 33 heavy (non-hydrogen) atoms. The van der Waals surface area contributed by atoms with E-state index in [-0.39, 0.29) is 5.69 Å². The Morgan fingerprint density at radius 1 is 1.03 bits per heavy atom. The first kappa shape index (κ1) is 19.6. The molecule has 0 aliphatic carbocycles. The van der Waals surface area contributed by atoms with Gasteiger partial charge in [-0.15, -0.1) is 0 Å². The van der Waals surface area contributed by atoms with Crippen molar-refractivity contribution in [3.05, 3.63) is 76.1 Å². The Morgan fingerprint density at radius 2 is 1.76 bits per heavy atom. The normalized spacial score (nSPS) is 16.1. The van der Waals surface area contributed by atoms with Gasteiger partial charge in [-0.1, -0.05) is 36.4 Å². The summed E-state index contributed by atoms with van der Waals surface area (Å²) in [6.07, 6.45) is 3.09. The van der Waals surface area contributed by atoms with Gasteiger partial charge < -0.3 is 20.3 Å². The number of fused-ring (bicyclic) bond motifs is 2. The smallest absolute Gasteiger partial charge is 0.331 e. The van der Waals surface area contributed by atoms with Gasteiger partial charge in [0.2, 0.25) is 0 Å². The number of H-pyrrole nitrogens is 3. The molecule has 0 saturated carbocycles. The number of nitrogens with zero attached hydrogens (tertiary/aromatic N) is 2. The Hall–Kier alpha value is -4.02. The molecule has 5 aromatic rings. The minimum atomic E-state index is -0.315. The molecule has 2 aromatic carbocycles. The van der Waals surface area contributed by atoms with Gasteiger partial charge in [0.05, 0.1) is 11.4 Å². The molecule has 1 atom stereocenters. The number of hydrogen-bond acceptors (Lipinski definition) is 3. The predicted octanol–water partition coefficient (Wildman–Crippen LogP) is 4.27. The second kappa shape index (κ2) is 7.54. The van der Waals surface area contributed by atoms with Crippen molar-refractivity contribution < 1.29 is 0 Å². The first-order valence-electron chi connectivity index (χ1n) is 11.3. The molecule has 0 amide bonds. The maximum absolute atomic E-state index is 13.3. The van der Waals surface area contributed by atoms with Crippen molar-refractivity contribution in [2.45, 2.75) is 32.2 Å². The van der Waals surface area contributed by atoms with Crippen molar-refractivity contribution in [1.29, 1.82) is 5.26 Å². The molecule has 0 radical (unpaired) electrons.